The maximum absolute atomic E-state index is 12.3. The Morgan fingerprint density at radius 1 is 1.12 bits per heavy atom. The number of amides is 1. The summed E-state index contributed by atoms with van der Waals surface area (Å²) >= 11 is 0. The fourth-order valence-corrected chi connectivity index (χ4v) is 3.21. The second kappa shape index (κ2) is 7.97. The molecule has 1 amide bonds. The van der Waals surface area contributed by atoms with Crippen LogP contribution < -0.4 is 10.2 Å². The van der Waals surface area contributed by atoms with Crippen molar-refractivity contribution in [3.05, 3.63) is 65.7 Å². The monoisotopic (exact) mass is 324 g/mol. The molecule has 1 aliphatic rings. The van der Waals surface area contributed by atoms with E-state index in [1.165, 1.54) is 5.56 Å². The number of hydrogen-bond acceptors (Lipinski definition) is 3. The second-order valence-corrected chi connectivity index (χ2v) is 6.24. The predicted molar refractivity (Wildman–Crippen MR) is 94.7 cm³/mol. The van der Waals surface area contributed by atoms with Crippen LogP contribution >= 0.6 is 0 Å². The van der Waals surface area contributed by atoms with Gasteiger partial charge in [0.25, 0.3) is 0 Å². The third-order valence-corrected chi connectivity index (χ3v) is 4.48. The molecule has 1 fully saturated rings. The molecule has 2 aromatic carbocycles. The maximum Gasteiger partial charge on any atom is 0.238 e. The standard InChI is InChI=1S/C20H24N2O2/c1-24-19-11-9-17(10-12-19)15-20(23)21-22-13-5-8-18(22)14-16-6-3-2-4-7-16/h2-4,6-7,9-12,18H,5,8,13-15H2,1H3,(H,21,23)/t18-/m1/s1. The molecule has 1 atom stereocenters. The lowest BCUT2D eigenvalue weighted by atomic mass is 10.0. The first-order valence-corrected chi connectivity index (χ1v) is 8.47. The van der Waals surface area contributed by atoms with Gasteiger partial charge in [0, 0.05) is 12.6 Å². The molecule has 4 nitrogen and oxygen atoms in total. The molecule has 4 heteroatoms. The van der Waals surface area contributed by atoms with Crippen molar-refractivity contribution in [2.24, 2.45) is 0 Å². The zero-order valence-electron chi connectivity index (χ0n) is 14.1. The van der Waals surface area contributed by atoms with Crippen LogP contribution in [0.1, 0.15) is 24.0 Å². The number of methoxy groups -OCH3 is 1. The van der Waals surface area contributed by atoms with Gasteiger partial charge in [-0.15, -0.1) is 0 Å². The minimum Gasteiger partial charge on any atom is -0.497 e. The molecule has 0 saturated carbocycles. The number of carbonyl (C=O) groups excluding carboxylic acids is 1. The molecule has 126 valence electrons. The van der Waals surface area contributed by atoms with Crippen LogP contribution in [0.25, 0.3) is 0 Å². The van der Waals surface area contributed by atoms with E-state index in [0.717, 1.165) is 37.1 Å². The van der Waals surface area contributed by atoms with E-state index in [1.54, 1.807) is 7.11 Å². The number of ether oxygens (including phenoxy) is 1. The van der Waals surface area contributed by atoms with Gasteiger partial charge in [-0.3, -0.25) is 10.2 Å². The van der Waals surface area contributed by atoms with Crippen LogP contribution in [-0.2, 0) is 17.6 Å². The van der Waals surface area contributed by atoms with Crippen LogP contribution in [0.5, 0.6) is 5.75 Å². The third-order valence-electron chi connectivity index (χ3n) is 4.48. The molecule has 1 saturated heterocycles. The largest absolute Gasteiger partial charge is 0.497 e. The van der Waals surface area contributed by atoms with E-state index in [-0.39, 0.29) is 5.91 Å². The first-order valence-electron chi connectivity index (χ1n) is 8.47. The van der Waals surface area contributed by atoms with Crippen LogP contribution in [0.4, 0.5) is 0 Å². The fraction of sp³-hybridized carbons (Fsp3) is 0.350. The molecule has 0 radical (unpaired) electrons. The summed E-state index contributed by atoms with van der Waals surface area (Å²) in [4.78, 5) is 12.3. The number of hydrogen-bond donors (Lipinski definition) is 1. The number of carbonyl (C=O) groups is 1. The molecule has 1 heterocycles. The van der Waals surface area contributed by atoms with Crippen molar-refractivity contribution in [3.8, 4) is 5.75 Å². The highest BCUT2D eigenvalue weighted by atomic mass is 16.5. The molecule has 2 aromatic rings. The van der Waals surface area contributed by atoms with E-state index in [9.17, 15) is 4.79 Å². The third kappa shape index (κ3) is 4.36. The van der Waals surface area contributed by atoms with E-state index >= 15 is 0 Å². The van der Waals surface area contributed by atoms with E-state index < -0.39 is 0 Å². The van der Waals surface area contributed by atoms with Crippen molar-refractivity contribution in [2.45, 2.75) is 31.7 Å². The van der Waals surface area contributed by atoms with Crippen molar-refractivity contribution >= 4 is 5.91 Å². The van der Waals surface area contributed by atoms with E-state index in [1.807, 2.05) is 30.3 Å². The summed E-state index contributed by atoms with van der Waals surface area (Å²) in [6, 6.07) is 18.5. The molecule has 0 bridgehead atoms. The van der Waals surface area contributed by atoms with E-state index in [0.29, 0.717) is 12.5 Å². The van der Waals surface area contributed by atoms with Gasteiger partial charge >= 0.3 is 0 Å². The topological polar surface area (TPSA) is 41.6 Å². The average molecular weight is 324 g/mol. The first-order chi connectivity index (χ1) is 11.7. The number of benzene rings is 2. The minimum atomic E-state index is 0.0418. The minimum absolute atomic E-state index is 0.0418. The van der Waals surface area contributed by atoms with Crippen LogP contribution in [0.3, 0.4) is 0 Å². The highest BCUT2D eigenvalue weighted by Crippen LogP contribution is 2.19. The molecular weight excluding hydrogens is 300 g/mol. The van der Waals surface area contributed by atoms with Crippen molar-refractivity contribution in [1.82, 2.24) is 10.4 Å². The number of hydrazine groups is 1. The molecule has 24 heavy (non-hydrogen) atoms. The zero-order chi connectivity index (χ0) is 16.8. The molecule has 1 N–H and O–H groups in total. The van der Waals surface area contributed by atoms with Crippen LogP contribution in [-0.4, -0.2) is 30.6 Å². The summed E-state index contributed by atoms with van der Waals surface area (Å²) in [5.41, 5.74) is 5.40. The Hall–Kier alpha value is -2.33. The Bertz CT molecular complexity index is 655. The zero-order valence-corrected chi connectivity index (χ0v) is 14.1. The van der Waals surface area contributed by atoms with Gasteiger partial charge in [0.15, 0.2) is 0 Å². The molecule has 0 aliphatic carbocycles. The summed E-state index contributed by atoms with van der Waals surface area (Å²) in [5.74, 6) is 0.849. The van der Waals surface area contributed by atoms with Gasteiger partial charge in [-0.25, -0.2) is 5.01 Å². The maximum atomic E-state index is 12.3. The SMILES string of the molecule is COc1ccc(CC(=O)NN2CCC[C@@H]2Cc2ccccc2)cc1. The van der Waals surface area contributed by atoms with Crippen molar-refractivity contribution < 1.29 is 9.53 Å². The molecule has 0 aromatic heterocycles. The van der Waals surface area contributed by atoms with Crippen LogP contribution in [0, 0.1) is 0 Å². The van der Waals surface area contributed by atoms with Gasteiger partial charge in [0.1, 0.15) is 5.75 Å². The van der Waals surface area contributed by atoms with Gasteiger partial charge in [-0.1, -0.05) is 42.5 Å². The van der Waals surface area contributed by atoms with Crippen LogP contribution in [0.15, 0.2) is 54.6 Å². The fourth-order valence-electron chi connectivity index (χ4n) is 3.21. The second-order valence-electron chi connectivity index (χ2n) is 6.24. The number of rotatable bonds is 6. The highest BCUT2D eigenvalue weighted by Gasteiger charge is 2.26. The Morgan fingerprint density at radius 2 is 1.88 bits per heavy atom. The Labute approximate surface area is 143 Å². The summed E-state index contributed by atoms with van der Waals surface area (Å²) in [7, 11) is 1.64. The smallest absolute Gasteiger partial charge is 0.238 e. The average Bonchev–Trinajstić information content (AvgIpc) is 3.03. The summed E-state index contributed by atoms with van der Waals surface area (Å²) in [6.07, 6.45) is 3.61. The molecular formula is C20H24N2O2. The van der Waals surface area contributed by atoms with Gasteiger partial charge in [-0.05, 0) is 42.5 Å². The van der Waals surface area contributed by atoms with Crippen molar-refractivity contribution in [2.75, 3.05) is 13.7 Å². The Kier molecular flexibility index (Phi) is 5.49. The van der Waals surface area contributed by atoms with Gasteiger partial charge in [-0.2, -0.15) is 0 Å². The summed E-state index contributed by atoms with van der Waals surface area (Å²) < 4.78 is 5.14. The predicted octanol–water partition coefficient (Wildman–Crippen LogP) is 2.98. The van der Waals surface area contributed by atoms with Gasteiger partial charge in [0.05, 0.1) is 13.5 Å². The first kappa shape index (κ1) is 16.5. The molecule has 3 rings (SSSR count). The van der Waals surface area contributed by atoms with E-state index in [4.69, 9.17) is 4.74 Å². The Balaban J connectivity index is 1.54. The molecule has 0 unspecified atom stereocenters. The molecule has 1 aliphatic heterocycles. The van der Waals surface area contributed by atoms with Crippen molar-refractivity contribution in [3.63, 3.8) is 0 Å². The lowest BCUT2D eigenvalue weighted by molar-refractivity contribution is -0.125. The van der Waals surface area contributed by atoms with Crippen molar-refractivity contribution in [1.29, 1.82) is 0 Å². The van der Waals surface area contributed by atoms with Gasteiger partial charge in [0.2, 0.25) is 5.91 Å². The lowest BCUT2D eigenvalue weighted by Crippen LogP contribution is -2.46. The lowest BCUT2D eigenvalue weighted by Gasteiger charge is -2.25. The molecule has 0 spiro atoms. The van der Waals surface area contributed by atoms with E-state index in [2.05, 4.69) is 34.7 Å². The normalized spacial score (nSPS) is 17.6. The summed E-state index contributed by atoms with van der Waals surface area (Å²) in [5, 5.41) is 2.11. The van der Waals surface area contributed by atoms with Gasteiger partial charge < -0.3 is 4.74 Å². The Morgan fingerprint density at radius 3 is 2.58 bits per heavy atom. The highest BCUT2D eigenvalue weighted by molar-refractivity contribution is 5.78. The number of nitrogens with one attached hydrogen (secondary N) is 1. The summed E-state index contributed by atoms with van der Waals surface area (Å²) in [6.45, 7) is 0.922. The number of nitrogens with zero attached hydrogens (tertiary/aromatic N) is 1. The van der Waals surface area contributed by atoms with Crippen LogP contribution in [0.2, 0.25) is 0 Å². The quantitative estimate of drug-likeness (QED) is 0.888.